The molecule has 5 heteroatoms. The monoisotopic (exact) mass is 462 g/mol. The second kappa shape index (κ2) is 11.0. The Morgan fingerprint density at radius 1 is 0.971 bits per heavy atom. The predicted octanol–water partition coefficient (Wildman–Crippen LogP) is 3.88. The highest BCUT2D eigenvalue weighted by Crippen LogP contribution is 2.42. The summed E-state index contributed by atoms with van der Waals surface area (Å²) in [5.41, 5.74) is 2.56. The van der Waals surface area contributed by atoms with Crippen LogP contribution in [0.25, 0.3) is 0 Å². The van der Waals surface area contributed by atoms with Crippen LogP contribution in [0.5, 0.6) is 0 Å². The summed E-state index contributed by atoms with van der Waals surface area (Å²) in [5.74, 6) is 6.80. The van der Waals surface area contributed by atoms with Crippen molar-refractivity contribution in [3.8, 4) is 11.8 Å². The number of hydrogen-bond acceptors (Lipinski definition) is 4. The molecule has 3 aliphatic heterocycles. The van der Waals surface area contributed by atoms with Gasteiger partial charge in [-0.15, -0.1) is 0 Å². The Kier molecular flexibility index (Phi) is 7.61. The van der Waals surface area contributed by atoms with E-state index in [1.54, 1.807) is 18.2 Å². The van der Waals surface area contributed by atoms with Crippen LogP contribution < -0.4 is 0 Å². The average molecular weight is 463 g/mol. The molecule has 0 unspecified atom stereocenters. The van der Waals surface area contributed by atoms with E-state index in [2.05, 4.69) is 33.8 Å². The van der Waals surface area contributed by atoms with E-state index in [-0.39, 0.29) is 18.5 Å². The molecule has 5 rings (SSSR count). The summed E-state index contributed by atoms with van der Waals surface area (Å²) >= 11 is 0. The number of ether oxygens (including phenoxy) is 1. The molecular weight excluding hydrogens is 427 g/mol. The van der Waals surface area contributed by atoms with Crippen molar-refractivity contribution in [2.75, 3.05) is 46.0 Å². The molecule has 0 bridgehead atoms. The SMILES string of the molecule is OC[C@H]1[C@@H](c2ccc(C#Cc3ccccc3F)cc2)[C@H]2CN(CC3CCOCC3)CCCCN21. The highest BCUT2D eigenvalue weighted by atomic mass is 19.1. The third-order valence-corrected chi connectivity index (χ3v) is 7.82. The van der Waals surface area contributed by atoms with Crippen LogP contribution in [0, 0.1) is 23.6 Å². The molecule has 0 radical (unpaired) electrons. The molecule has 3 heterocycles. The highest BCUT2D eigenvalue weighted by molar-refractivity contribution is 5.44. The second-order valence-corrected chi connectivity index (χ2v) is 9.96. The maximum Gasteiger partial charge on any atom is 0.138 e. The van der Waals surface area contributed by atoms with Crippen LogP contribution in [0.15, 0.2) is 48.5 Å². The molecule has 3 saturated heterocycles. The van der Waals surface area contributed by atoms with Crippen molar-refractivity contribution >= 4 is 0 Å². The number of halogens is 1. The molecule has 3 aliphatic rings. The van der Waals surface area contributed by atoms with Crippen LogP contribution in [0.1, 0.15) is 48.3 Å². The zero-order chi connectivity index (χ0) is 23.3. The second-order valence-electron chi connectivity index (χ2n) is 9.96. The lowest BCUT2D eigenvalue weighted by Gasteiger charge is -2.57. The molecule has 4 nitrogen and oxygen atoms in total. The summed E-state index contributed by atoms with van der Waals surface area (Å²) in [7, 11) is 0. The molecule has 1 N–H and O–H groups in total. The molecule has 180 valence electrons. The van der Waals surface area contributed by atoms with Gasteiger partial charge in [-0.2, -0.15) is 0 Å². The number of rotatable bonds is 4. The Hall–Kier alpha value is -2.23. The maximum absolute atomic E-state index is 13.9. The van der Waals surface area contributed by atoms with Gasteiger partial charge >= 0.3 is 0 Å². The van der Waals surface area contributed by atoms with Crippen molar-refractivity contribution < 1.29 is 14.2 Å². The Balaban J connectivity index is 1.30. The third kappa shape index (κ3) is 5.21. The molecule has 34 heavy (non-hydrogen) atoms. The van der Waals surface area contributed by atoms with Crippen molar-refractivity contribution in [3.63, 3.8) is 0 Å². The maximum atomic E-state index is 13.9. The van der Waals surface area contributed by atoms with Crippen molar-refractivity contribution in [3.05, 3.63) is 71.0 Å². The van der Waals surface area contributed by atoms with Gasteiger partial charge in [-0.25, -0.2) is 4.39 Å². The lowest BCUT2D eigenvalue weighted by molar-refractivity contribution is -0.0677. The van der Waals surface area contributed by atoms with Crippen LogP contribution in [0.2, 0.25) is 0 Å². The highest BCUT2D eigenvalue weighted by Gasteiger charge is 2.49. The first-order valence-corrected chi connectivity index (χ1v) is 12.8. The number of hydrogen-bond donors (Lipinski definition) is 1. The lowest BCUT2D eigenvalue weighted by Crippen LogP contribution is -2.67. The molecule has 0 amide bonds. The molecule has 0 saturated carbocycles. The van der Waals surface area contributed by atoms with Gasteiger partial charge in [-0.05, 0) is 74.5 Å². The van der Waals surface area contributed by atoms with Crippen LogP contribution in [-0.2, 0) is 4.74 Å². The van der Waals surface area contributed by atoms with E-state index < -0.39 is 0 Å². The molecule has 2 aromatic carbocycles. The number of benzene rings is 2. The van der Waals surface area contributed by atoms with Crippen molar-refractivity contribution in [2.45, 2.75) is 43.7 Å². The summed E-state index contributed by atoms with van der Waals surface area (Å²) in [4.78, 5) is 5.20. The average Bonchev–Trinajstić information content (AvgIpc) is 2.85. The Morgan fingerprint density at radius 2 is 1.74 bits per heavy atom. The zero-order valence-corrected chi connectivity index (χ0v) is 19.8. The lowest BCUT2D eigenvalue weighted by atomic mass is 9.74. The standard InChI is InChI=1S/C29H35FN2O2/c30-26-6-2-1-5-24(26)10-7-22-8-11-25(12-9-22)29-27-20-31(19-23-13-17-34-18-14-23)15-3-4-16-32(27)28(29)21-33/h1-2,5-6,8-9,11-12,23,27-29,33H,3-4,13-21H2/t27-,28+,29+/m1/s1. The smallest absolute Gasteiger partial charge is 0.138 e. The number of aliphatic hydroxyl groups is 1. The van der Waals surface area contributed by atoms with Gasteiger partial charge in [0.25, 0.3) is 0 Å². The summed E-state index contributed by atoms with van der Waals surface area (Å²) in [6, 6.07) is 15.6. The molecule has 0 spiro atoms. The largest absolute Gasteiger partial charge is 0.395 e. The summed E-state index contributed by atoms with van der Waals surface area (Å²) in [5, 5.41) is 10.2. The predicted molar refractivity (Wildman–Crippen MR) is 132 cm³/mol. The minimum absolute atomic E-state index is 0.184. The van der Waals surface area contributed by atoms with Gasteiger partial charge in [0.1, 0.15) is 5.82 Å². The Morgan fingerprint density at radius 3 is 2.50 bits per heavy atom. The van der Waals surface area contributed by atoms with Crippen molar-refractivity contribution in [1.82, 2.24) is 9.80 Å². The number of aliphatic hydroxyl groups excluding tert-OH is 1. The summed E-state index contributed by atoms with van der Waals surface area (Å²) in [6.45, 7) is 6.45. The number of nitrogens with zero attached hydrogens (tertiary/aromatic N) is 2. The quantitative estimate of drug-likeness (QED) is 0.700. The van der Waals surface area contributed by atoms with Crippen LogP contribution >= 0.6 is 0 Å². The Labute approximate surface area is 202 Å². The zero-order valence-electron chi connectivity index (χ0n) is 19.8. The van der Waals surface area contributed by atoms with Crippen molar-refractivity contribution in [1.29, 1.82) is 0 Å². The Bertz CT molecular complexity index is 1010. The molecular formula is C29H35FN2O2. The third-order valence-electron chi connectivity index (χ3n) is 7.82. The van der Waals surface area contributed by atoms with Gasteiger partial charge in [0, 0.05) is 49.9 Å². The van der Waals surface area contributed by atoms with E-state index in [9.17, 15) is 9.50 Å². The van der Waals surface area contributed by atoms with E-state index in [1.165, 1.54) is 43.9 Å². The molecule has 3 fully saturated rings. The van der Waals surface area contributed by atoms with Gasteiger partial charge in [0.2, 0.25) is 0 Å². The fourth-order valence-corrected chi connectivity index (χ4v) is 5.96. The van der Waals surface area contributed by atoms with E-state index >= 15 is 0 Å². The minimum atomic E-state index is -0.290. The fraction of sp³-hybridized carbons (Fsp3) is 0.517. The van der Waals surface area contributed by atoms with Gasteiger partial charge in [-0.1, -0.05) is 36.1 Å². The van der Waals surface area contributed by atoms with E-state index in [1.807, 2.05) is 12.1 Å². The van der Waals surface area contributed by atoms with Gasteiger partial charge in [-0.3, -0.25) is 4.90 Å². The van der Waals surface area contributed by atoms with Gasteiger partial charge in [0.05, 0.1) is 12.2 Å². The molecule has 2 aromatic rings. The van der Waals surface area contributed by atoms with E-state index in [0.29, 0.717) is 17.5 Å². The van der Waals surface area contributed by atoms with Crippen LogP contribution in [0.3, 0.4) is 0 Å². The fourth-order valence-electron chi connectivity index (χ4n) is 5.96. The van der Waals surface area contributed by atoms with Crippen LogP contribution in [-0.4, -0.2) is 73.0 Å². The van der Waals surface area contributed by atoms with Crippen molar-refractivity contribution in [2.24, 2.45) is 5.92 Å². The van der Waals surface area contributed by atoms with Crippen LogP contribution in [0.4, 0.5) is 4.39 Å². The molecule has 3 atom stereocenters. The minimum Gasteiger partial charge on any atom is -0.395 e. The first-order valence-electron chi connectivity index (χ1n) is 12.8. The topological polar surface area (TPSA) is 35.9 Å². The first-order chi connectivity index (χ1) is 16.7. The van der Waals surface area contributed by atoms with E-state index in [0.717, 1.165) is 44.3 Å². The van der Waals surface area contributed by atoms with Gasteiger partial charge < -0.3 is 14.7 Å². The van der Waals surface area contributed by atoms with Gasteiger partial charge in [0.15, 0.2) is 0 Å². The normalized spacial score (nSPS) is 26.5. The summed E-state index contributed by atoms with van der Waals surface area (Å²) in [6.07, 6.45) is 4.76. The number of fused-ring (bicyclic) bond motifs is 1. The molecule has 0 aliphatic carbocycles. The molecule has 0 aromatic heterocycles. The first kappa shape index (κ1) is 23.5. The van der Waals surface area contributed by atoms with E-state index in [4.69, 9.17) is 4.74 Å². The summed E-state index contributed by atoms with van der Waals surface area (Å²) < 4.78 is 19.4.